The predicted octanol–water partition coefficient (Wildman–Crippen LogP) is 1.97. The van der Waals surface area contributed by atoms with E-state index in [2.05, 4.69) is 6.58 Å². The van der Waals surface area contributed by atoms with Gasteiger partial charge in [-0.3, -0.25) is 4.79 Å². The van der Waals surface area contributed by atoms with Crippen LogP contribution >= 0.6 is 0 Å². The van der Waals surface area contributed by atoms with Gasteiger partial charge in [-0.2, -0.15) is 0 Å². The van der Waals surface area contributed by atoms with E-state index in [1.165, 1.54) is 6.08 Å². The predicted molar refractivity (Wildman–Crippen MR) is 58.3 cm³/mol. The lowest BCUT2D eigenvalue weighted by atomic mass is 9.99. The Labute approximate surface area is 90.4 Å². The molecule has 2 atom stereocenters. The maximum Gasteiger partial charge on any atom is 0.306 e. The molecule has 3 nitrogen and oxygen atoms in total. The van der Waals surface area contributed by atoms with Crippen LogP contribution in [-0.4, -0.2) is 22.8 Å². The van der Waals surface area contributed by atoms with Gasteiger partial charge in [-0.1, -0.05) is 12.2 Å². The first-order chi connectivity index (χ1) is 6.94. The Morgan fingerprint density at radius 3 is 2.93 bits per heavy atom. The fraction of sp³-hybridized carbons (Fsp3) is 0.583. The van der Waals surface area contributed by atoms with Gasteiger partial charge in [0.15, 0.2) is 0 Å². The highest BCUT2D eigenvalue weighted by atomic mass is 16.5. The summed E-state index contributed by atoms with van der Waals surface area (Å²) < 4.78 is 5.11. The van der Waals surface area contributed by atoms with Crippen molar-refractivity contribution < 1.29 is 14.6 Å². The molecule has 1 N–H and O–H groups in total. The summed E-state index contributed by atoms with van der Waals surface area (Å²) in [5.74, 6) is -0.136. The second kappa shape index (κ2) is 4.62. The molecule has 0 spiro atoms. The molecule has 1 fully saturated rings. The zero-order chi connectivity index (χ0) is 11.5. The van der Waals surface area contributed by atoms with E-state index in [4.69, 9.17) is 4.74 Å². The first kappa shape index (κ1) is 12.0. The van der Waals surface area contributed by atoms with Crippen LogP contribution in [0, 0.1) is 0 Å². The first-order valence-corrected chi connectivity index (χ1v) is 5.17. The highest BCUT2D eigenvalue weighted by Gasteiger charge is 2.24. The van der Waals surface area contributed by atoms with E-state index in [-0.39, 0.29) is 12.1 Å². The number of carbonyl (C=O) groups excluding carboxylic acids is 1. The van der Waals surface area contributed by atoms with E-state index in [0.29, 0.717) is 12.8 Å². The Hall–Kier alpha value is -1.09. The second-order valence-electron chi connectivity index (χ2n) is 4.23. The molecule has 0 saturated carbocycles. The standard InChI is InChI=1S/C12H18O3/c1-4-12(3,14)8-7-9(2)10-5-6-11(13)15-10/h4,7,10,14H,1,5-6,8H2,2-3H3. The quantitative estimate of drug-likeness (QED) is 0.570. The third kappa shape index (κ3) is 3.51. The molecule has 0 aromatic carbocycles. The van der Waals surface area contributed by atoms with Crippen molar-refractivity contribution in [2.75, 3.05) is 0 Å². The molecule has 0 bridgehead atoms. The molecule has 1 heterocycles. The lowest BCUT2D eigenvalue weighted by Gasteiger charge is -2.17. The van der Waals surface area contributed by atoms with Crippen molar-refractivity contribution in [1.29, 1.82) is 0 Å². The zero-order valence-electron chi connectivity index (χ0n) is 9.32. The summed E-state index contributed by atoms with van der Waals surface area (Å²) in [6.07, 6.45) is 5.06. The van der Waals surface area contributed by atoms with Crippen molar-refractivity contribution in [3.8, 4) is 0 Å². The SMILES string of the molecule is C=CC(C)(O)CC=C(C)C1CCC(=O)O1. The van der Waals surface area contributed by atoms with Crippen LogP contribution in [0.15, 0.2) is 24.3 Å². The number of esters is 1. The largest absolute Gasteiger partial charge is 0.458 e. The van der Waals surface area contributed by atoms with Gasteiger partial charge in [0.2, 0.25) is 0 Å². The molecular weight excluding hydrogens is 192 g/mol. The van der Waals surface area contributed by atoms with E-state index < -0.39 is 5.60 Å². The van der Waals surface area contributed by atoms with Gasteiger partial charge >= 0.3 is 5.97 Å². The number of cyclic esters (lactones) is 1. The third-order valence-corrected chi connectivity index (χ3v) is 2.67. The van der Waals surface area contributed by atoms with E-state index >= 15 is 0 Å². The van der Waals surface area contributed by atoms with Gasteiger partial charge in [0.05, 0.1) is 5.60 Å². The average molecular weight is 210 g/mol. The minimum atomic E-state index is -0.885. The summed E-state index contributed by atoms with van der Waals surface area (Å²) in [6.45, 7) is 7.17. The Bertz CT molecular complexity index is 289. The molecule has 0 aromatic heterocycles. The molecule has 2 unspecified atom stereocenters. The van der Waals surface area contributed by atoms with Crippen LogP contribution in [0.25, 0.3) is 0 Å². The minimum Gasteiger partial charge on any atom is -0.458 e. The van der Waals surface area contributed by atoms with Crippen LogP contribution < -0.4 is 0 Å². The topological polar surface area (TPSA) is 46.5 Å². The van der Waals surface area contributed by atoms with Crippen molar-refractivity contribution in [2.24, 2.45) is 0 Å². The lowest BCUT2D eigenvalue weighted by molar-refractivity contribution is -0.140. The summed E-state index contributed by atoms with van der Waals surface area (Å²) in [7, 11) is 0. The molecule has 0 radical (unpaired) electrons. The summed E-state index contributed by atoms with van der Waals surface area (Å²) in [6, 6.07) is 0. The third-order valence-electron chi connectivity index (χ3n) is 2.67. The Kier molecular flexibility index (Phi) is 3.69. The van der Waals surface area contributed by atoms with Crippen molar-refractivity contribution in [2.45, 2.75) is 44.8 Å². The van der Waals surface area contributed by atoms with Crippen LogP contribution in [0.1, 0.15) is 33.1 Å². The average Bonchev–Trinajstić information content (AvgIpc) is 2.61. The van der Waals surface area contributed by atoms with E-state index in [9.17, 15) is 9.90 Å². The number of aliphatic hydroxyl groups is 1. The molecule has 1 saturated heterocycles. The summed E-state index contributed by atoms with van der Waals surface area (Å²) in [4.78, 5) is 10.9. The molecule has 1 aliphatic rings. The molecule has 1 rings (SSSR count). The van der Waals surface area contributed by atoms with Gasteiger partial charge < -0.3 is 9.84 Å². The fourth-order valence-corrected chi connectivity index (χ4v) is 1.43. The van der Waals surface area contributed by atoms with E-state index in [1.807, 2.05) is 13.0 Å². The number of hydrogen-bond acceptors (Lipinski definition) is 3. The van der Waals surface area contributed by atoms with Crippen LogP contribution in [-0.2, 0) is 9.53 Å². The lowest BCUT2D eigenvalue weighted by Crippen LogP contribution is -2.19. The highest BCUT2D eigenvalue weighted by Crippen LogP contribution is 2.22. The molecule has 84 valence electrons. The second-order valence-corrected chi connectivity index (χ2v) is 4.23. The van der Waals surface area contributed by atoms with Crippen LogP contribution in [0.5, 0.6) is 0 Å². The molecule has 0 aromatic rings. The minimum absolute atomic E-state index is 0.0990. The van der Waals surface area contributed by atoms with Gasteiger partial charge in [0.1, 0.15) is 6.10 Å². The highest BCUT2D eigenvalue weighted by molar-refractivity contribution is 5.72. The monoisotopic (exact) mass is 210 g/mol. The van der Waals surface area contributed by atoms with Gasteiger partial charge in [-0.25, -0.2) is 0 Å². The van der Waals surface area contributed by atoms with Gasteiger partial charge in [-0.05, 0) is 32.3 Å². The van der Waals surface area contributed by atoms with Crippen molar-refractivity contribution >= 4 is 5.97 Å². The summed E-state index contributed by atoms with van der Waals surface area (Å²) >= 11 is 0. The van der Waals surface area contributed by atoms with E-state index in [0.717, 1.165) is 12.0 Å². The molecule has 3 heteroatoms. The van der Waals surface area contributed by atoms with Gasteiger partial charge in [0, 0.05) is 6.42 Å². The zero-order valence-corrected chi connectivity index (χ0v) is 9.32. The molecular formula is C12H18O3. The number of carbonyl (C=O) groups is 1. The molecule has 1 aliphatic heterocycles. The molecule has 0 amide bonds. The van der Waals surface area contributed by atoms with Crippen molar-refractivity contribution in [3.63, 3.8) is 0 Å². The van der Waals surface area contributed by atoms with Crippen LogP contribution in [0.4, 0.5) is 0 Å². The number of rotatable bonds is 4. The number of hydrogen-bond donors (Lipinski definition) is 1. The van der Waals surface area contributed by atoms with Crippen LogP contribution in [0.3, 0.4) is 0 Å². The Morgan fingerprint density at radius 2 is 2.47 bits per heavy atom. The maximum absolute atomic E-state index is 10.9. The summed E-state index contributed by atoms with van der Waals surface area (Å²) in [5, 5.41) is 9.70. The van der Waals surface area contributed by atoms with Gasteiger partial charge in [0.25, 0.3) is 0 Å². The van der Waals surface area contributed by atoms with Crippen molar-refractivity contribution in [3.05, 3.63) is 24.3 Å². The van der Waals surface area contributed by atoms with Gasteiger partial charge in [-0.15, -0.1) is 6.58 Å². The number of ether oxygens (including phenoxy) is 1. The molecule has 15 heavy (non-hydrogen) atoms. The normalized spacial score (nSPS) is 25.9. The van der Waals surface area contributed by atoms with Crippen LogP contribution in [0.2, 0.25) is 0 Å². The maximum atomic E-state index is 10.9. The Morgan fingerprint density at radius 1 is 1.80 bits per heavy atom. The fourth-order valence-electron chi connectivity index (χ4n) is 1.43. The Balaban J connectivity index is 2.53. The molecule has 0 aliphatic carbocycles. The first-order valence-electron chi connectivity index (χ1n) is 5.17. The van der Waals surface area contributed by atoms with Crippen molar-refractivity contribution in [1.82, 2.24) is 0 Å². The van der Waals surface area contributed by atoms with E-state index in [1.54, 1.807) is 6.92 Å². The smallest absolute Gasteiger partial charge is 0.306 e. The summed E-state index contributed by atoms with van der Waals surface area (Å²) in [5.41, 5.74) is 0.118.